The molecule has 104 valence electrons. The fraction of sp³-hybridized carbons (Fsp3) is 0.143. The number of para-hydroxylation sites is 1. The zero-order valence-corrected chi connectivity index (χ0v) is 12.2. The average molecular weight is 310 g/mol. The molecule has 2 rings (SSSR count). The van der Waals surface area contributed by atoms with Crippen LogP contribution in [-0.2, 0) is 9.53 Å². The van der Waals surface area contributed by atoms with Gasteiger partial charge in [-0.25, -0.2) is 4.79 Å². The first kappa shape index (κ1) is 14.6. The number of benzene rings is 1. The standard InChI is InChI=1S/C14H12ClNO3S/c1-9(13(17)16-10-5-3-2-4-6-10)19-14(18)11-7-8-12(15)20-11/h2-9H,1H3,(H,16,17)/t9-/m1/s1. The van der Waals surface area contributed by atoms with Crippen LogP contribution in [-0.4, -0.2) is 18.0 Å². The lowest BCUT2D eigenvalue weighted by atomic mass is 10.3. The van der Waals surface area contributed by atoms with Gasteiger partial charge in [0, 0.05) is 5.69 Å². The molecule has 1 aromatic carbocycles. The van der Waals surface area contributed by atoms with Crippen LogP contribution in [0.25, 0.3) is 0 Å². The minimum absolute atomic E-state index is 0.370. The summed E-state index contributed by atoms with van der Waals surface area (Å²) in [5.41, 5.74) is 0.652. The molecule has 6 heteroatoms. The molecular formula is C14H12ClNO3S. The minimum Gasteiger partial charge on any atom is -0.448 e. The van der Waals surface area contributed by atoms with Gasteiger partial charge in [0.1, 0.15) is 4.88 Å². The van der Waals surface area contributed by atoms with E-state index < -0.39 is 12.1 Å². The Labute approximate surface area is 125 Å². The molecule has 2 aromatic rings. The number of rotatable bonds is 4. The third-order valence-corrected chi connectivity index (χ3v) is 3.68. The summed E-state index contributed by atoms with van der Waals surface area (Å²) < 4.78 is 5.58. The van der Waals surface area contributed by atoms with Crippen LogP contribution in [0.4, 0.5) is 5.69 Å². The number of thiophene rings is 1. The van der Waals surface area contributed by atoms with Crippen molar-refractivity contribution in [1.82, 2.24) is 0 Å². The van der Waals surface area contributed by atoms with E-state index in [1.807, 2.05) is 6.07 Å². The highest BCUT2D eigenvalue weighted by Crippen LogP contribution is 2.22. The van der Waals surface area contributed by atoms with Gasteiger partial charge in [0.2, 0.25) is 0 Å². The van der Waals surface area contributed by atoms with Crippen LogP contribution in [0.5, 0.6) is 0 Å². The lowest BCUT2D eigenvalue weighted by Gasteiger charge is -2.12. The number of carbonyl (C=O) groups excluding carboxylic acids is 2. The van der Waals surface area contributed by atoms with Crippen molar-refractivity contribution in [1.29, 1.82) is 0 Å². The molecule has 0 aliphatic rings. The van der Waals surface area contributed by atoms with Crippen LogP contribution in [0, 0.1) is 0 Å². The van der Waals surface area contributed by atoms with Crippen molar-refractivity contribution in [2.75, 3.05) is 5.32 Å². The van der Waals surface area contributed by atoms with E-state index in [4.69, 9.17) is 16.3 Å². The minimum atomic E-state index is -0.886. The Morgan fingerprint density at radius 3 is 2.50 bits per heavy atom. The fourth-order valence-electron chi connectivity index (χ4n) is 1.46. The average Bonchev–Trinajstić information content (AvgIpc) is 2.86. The van der Waals surface area contributed by atoms with Gasteiger partial charge in [-0.2, -0.15) is 0 Å². The van der Waals surface area contributed by atoms with E-state index in [-0.39, 0.29) is 5.91 Å². The third-order valence-electron chi connectivity index (χ3n) is 2.47. The van der Waals surface area contributed by atoms with Gasteiger partial charge in [-0.3, -0.25) is 4.79 Å². The highest BCUT2D eigenvalue weighted by Gasteiger charge is 2.20. The monoisotopic (exact) mass is 309 g/mol. The number of nitrogens with one attached hydrogen (secondary N) is 1. The summed E-state index contributed by atoms with van der Waals surface area (Å²) >= 11 is 6.86. The van der Waals surface area contributed by atoms with Crippen molar-refractivity contribution in [2.24, 2.45) is 0 Å². The van der Waals surface area contributed by atoms with Gasteiger partial charge in [0.25, 0.3) is 5.91 Å². The summed E-state index contributed by atoms with van der Waals surface area (Å²) in [4.78, 5) is 24.0. The molecule has 0 fully saturated rings. The van der Waals surface area contributed by atoms with Crippen molar-refractivity contribution < 1.29 is 14.3 Å². The highest BCUT2D eigenvalue weighted by molar-refractivity contribution is 7.17. The molecule has 0 saturated heterocycles. The lowest BCUT2D eigenvalue weighted by molar-refractivity contribution is -0.123. The SMILES string of the molecule is C[C@@H](OC(=O)c1ccc(Cl)s1)C(=O)Nc1ccccc1. The Bertz CT molecular complexity index is 612. The van der Waals surface area contributed by atoms with Gasteiger partial charge in [-0.05, 0) is 31.2 Å². The first-order valence-corrected chi connectivity index (χ1v) is 7.08. The topological polar surface area (TPSA) is 55.4 Å². The molecule has 1 atom stereocenters. The molecule has 0 bridgehead atoms. The molecule has 0 saturated carbocycles. The summed E-state index contributed by atoms with van der Waals surface area (Å²) in [6.07, 6.45) is -0.886. The van der Waals surface area contributed by atoms with E-state index in [1.165, 1.54) is 6.92 Å². The van der Waals surface area contributed by atoms with Crippen molar-refractivity contribution in [2.45, 2.75) is 13.0 Å². The van der Waals surface area contributed by atoms with Crippen LogP contribution in [0.2, 0.25) is 4.34 Å². The number of ether oxygens (including phenoxy) is 1. The van der Waals surface area contributed by atoms with E-state index >= 15 is 0 Å². The van der Waals surface area contributed by atoms with Crippen molar-refractivity contribution in [3.8, 4) is 0 Å². The number of amides is 1. The van der Waals surface area contributed by atoms with Gasteiger partial charge >= 0.3 is 5.97 Å². The Kier molecular flexibility index (Phi) is 4.76. The smallest absolute Gasteiger partial charge is 0.349 e. The second-order valence-electron chi connectivity index (χ2n) is 4.01. The molecule has 20 heavy (non-hydrogen) atoms. The van der Waals surface area contributed by atoms with Crippen molar-refractivity contribution in [3.63, 3.8) is 0 Å². The van der Waals surface area contributed by atoms with Crippen molar-refractivity contribution >= 4 is 40.5 Å². The number of halogens is 1. The Hall–Kier alpha value is -1.85. The summed E-state index contributed by atoms with van der Waals surface area (Å²) in [7, 11) is 0. The largest absolute Gasteiger partial charge is 0.448 e. The van der Waals surface area contributed by atoms with Crippen LogP contribution in [0.1, 0.15) is 16.6 Å². The van der Waals surface area contributed by atoms with Crippen LogP contribution >= 0.6 is 22.9 Å². The zero-order chi connectivity index (χ0) is 14.5. The Balaban J connectivity index is 1.93. The maximum Gasteiger partial charge on any atom is 0.349 e. The molecule has 1 amide bonds. The Morgan fingerprint density at radius 2 is 1.90 bits per heavy atom. The van der Waals surface area contributed by atoms with Crippen LogP contribution < -0.4 is 5.32 Å². The first-order valence-electron chi connectivity index (χ1n) is 5.88. The molecule has 4 nitrogen and oxygen atoms in total. The number of carbonyl (C=O) groups is 2. The predicted octanol–water partition coefficient (Wildman–Crippen LogP) is 3.59. The molecule has 0 aliphatic carbocycles. The quantitative estimate of drug-likeness (QED) is 0.878. The van der Waals surface area contributed by atoms with Gasteiger partial charge in [0.15, 0.2) is 6.10 Å². The van der Waals surface area contributed by atoms with E-state index in [0.29, 0.717) is 14.9 Å². The normalized spacial score (nSPS) is 11.7. The maximum absolute atomic E-state index is 11.9. The van der Waals surface area contributed by atoms with Gasteiger partial charge < -0.3 is 10.1 Å². The predicted molar refractivity (Wildman–Crippen MR) is 79.3 cm³/mol. The van der Waals surface area contributed by atoms with Crippen LogP contribution in [0.3, 0.4) is 0 Å². The number of hydrogen-bond donors (Lipinski definition) is 1. The number of anilines is 1. The molecule has 0 radical (unpaired) electrons. The zero-order valence-electron chi connectivity index (χ0n) is 10.6. The van der Waals surface area contributed by atoms with Crippen molar-refractivity contribution in [3.05, 3.63) is 51.7 Å². The van der Waals surface area contributed by atoms with Gasteiger partial charge in [0.05, 0.1) is 4.34 Å². The summed E-state index contributed by atoms with van der Waals surface area (Å²) in [5.74, 6) is -0.940. The second-order valence-corrected chi connectivity index (χ2v) is 5.72. The molecule has 1 heterocycles. The number of hydrogen-bond acceptors (Lipinski definition) is 4. The molecule has 0 spiro atoms. The lowest BCUT2D eigenvalue weighted by Crippen LogP contribution is -2.29. The summed E-state index contributed by atoms with van der Waals surface area (Å²) in [6, 6.07) is 12.1. The number of esters is 1. The van der Waals surface area contributed by atoms with Gasteiger partial charge in [-0.1, -0.05) is 29.8 Å². The van der Waals surface area contributed by atoms with E-state index in [0.717, 1.165) is 11.3 Å². The first-order chi connectivity index (χ1) is 9.56. The Morgan fingerprint density at radius 1 is 1.20 bits per heavy atom. The van der Waals surface area contributed by atoms with E-state index in [2.05, 4.69) is 5.32 Å². The summed E-state index contributed by atoms with van der Waals surface area (Å²) in [6.45, 7) is 1.52. The maximum atomic E-state index is 11.9. The van der Waals surface area contributed by atoms with E-state index in [9.17, 15) is 9.59 Å². The van der Waals surface area contributed by atoms with Gasteiger partial charge in [-0.15, -0.1) is 11.3 Å². The van der Waals surface area contributed by atoms with E-state index in [1.54, 1.807) is 36.4 Å². The fourth-order valence-corrected chi connectivity index (χ4v) is 2.39. The second kappa shape index (κ2) is 6.54. The highest BCUT2D eigenvalue weighted by atomic mass is 35.5. The third kappa shape index (κ3) is 3.82. The molecule has 1 aromatic heterocycles. The van der Waals surface area contributed by atoms with Crippen LogP contribution in [0.15, 0.2) is 42.5 Å². The molecular weight excluding hydrogens is 298 g/mol. The molecule has 0 aliphatic heterocycles. The molecule has 0 unspecified atom stereocenters. The summed E-state index contributed by atoms with van der Waals surface area (Å²) in [5, 5.41) is 2.66. The molecule has 1 N–H and O–H groups in total.